The van der Waals surface area contributed by atoms with Gasteiger partial charge in [-0.2, -0.15) is 0 Å². The van der Waals surface area contributed by atoms with Crippen molar-refractivity contribution in [2.45, 2.75) is 6.54 Å². The molecule has 0 aliphatic carbocycles. The number of nitrogens with one attached hydrogen (secondary N) is 2. The van der Waals surface area contributed by atoms with Gasteiger partial charge in [0.1, 0.15) is 5.76 Å². The molecule has 10 nitrogen and oxygen atoms in total. The maximum Gasteiger partial charge on any atom is 0.317 e. The van der Waals surface area contributed by atoms with Gasteiger partial charge in [0.25, 0.3) is 5.91 Å². The second-order valence-corrected chi connectivity index (χ2v) is 7.61. The van der Waals surface area contributed by atoms with Gasteiger partial charge in [0.15, 0.2) is 17.3 Å². The third-order valence-electron chi connectivity index (χ3n) is 5.53. The Morgan fingerprint density at radius 2 is 1.85 bits per heavy atom. The van der Waals surface area contributed by atoms with E-state index in [0.717, 1.165) is 0 Å². The maximum atomic E-state index is 12.8. The normalized spacial score (nSPS) is 14.8. The molecule has 10 heteroatoms. The molecule has 0 radical (unpaired) electrons. The fourth-order valence-corrected chi connectivity index (χ4v) is 3.79. The van der Waals surface area contributed by atoms with Gasteiger partial charge in [0.2, 0.25) is 6.79 Å². The van der Waals surface area contributed by atoms with Gasteiger partial charge in [0, 0.05) is 37.9 Å². The molecule has 0 bridgehead atoms. The molecular weight excluding hydrogens is 426 g/mol. The van der Waals surface area contributed by atoms with E-state index in [4.69, 9.17) is 13.9 Å². The van der Waals surface area contributed by atoms with Crippen LogP contribution in [-0.2, 0) is 6.54 Å². The number of hydrogen-bond acceptors (Lipinski definition) is 7. The molecule has 33 heavy (non-hydrogen) atoms. The summed E-state index contributed by atoms with van der Waals surface area (Å²) >= 11 is 0. The summed E-state index contributed by atoms with van der Waals surface area (Å²) in [5, 5.41) is 5.81. The zero-order valence-electron chi connectivity index (χ0n) is 17.8. The van der Waals surface area contributed by atoms with Crippen LogP contribution in [0.3, 0.4) is 0 Å². The van der Waals surface area contributed by atoms with Gasteiger partial charge in [-0.3, -0.25) is 4.79 Å². The van der Waals surface area contributed by atoms with E-state index in [2.05, 4.69) is 20.5 Å². The van der Waals surface area contributed by atoms with Crippen molar-refractivity contribution >= 4 is 23.4 Å². The molecule has 0 unspecified atom stereocenters. The highest BCUT2D eigenvalue weighted by molar-refractivity contribution is 6.06. The van der Waals surface area contributed by atoms with E-state index >= 15 is 0 Å². The van der Waals surface area contributed by atoms with E-state index in [0.29, 0.717) is 67.1 Å². The van der Waals surface area contributed by atoms with E-state index in [-0.39, 0.29) is 18.7 Å². The van der Waals surface area contributed by atoms with Gasteiger partial charge >= 0.3 is 6.03 Å². The van der Waals surface area contributed by atoms with E-state index in [1.54, 1.807) is 47.7 Å². The summed E-state index contributed by atoms with van der Waals surface area (Å²) in [5.74, 6) is 2.29. The van der Waals surface area contributed by atoms with Crippen LogP contribution in [0.25, 0.3) is 0 Å². The molecule has 4 heterocycles. The van der Waals surface area contributed by atoms with Crippen molar-refractivity contribution in [3.8, 4) is 11.5 Å². The number of hydrogen-bond donors (Lipinski definition) is 2. The zero-order chi connectivity index (χ0) is 22.6. The van der Waals surface area contributed by atoms with Crippen molar-refractivity contribution in [3.05, 3.63) is 66.2 Å². The molecule has 0 spiro atoms. The zero-order valence-corrected chi connectivity index (χ0v) is 17.8. The van der Waals surface area contributed by atoms with Crippen LogP contribution in [0, 0.1) is 0 Å². The van der Waals surface area contributed by atoms with Crippen LogP contribution in [0.2, 0.25) is 0 Å². The summed E-state index contributed by atoms with van der Waals surface area (Å²) < 4.78 is 15.9. The first-order chi connectivity index (χ1) is 16.2. The number of ether oxygens (including phenoxy) is 2. The number of nitrogens with zero attached hydrogens (tertiary/aromatic N) is 3. The summed E-state index contributed by atoms with van der Waals surface area (Å²) in [6.07, 6.45) is 3.27. The summed E-state index contributed by atoms with van der Waals surface area (Å²) in [6, 6.07) is 12.1. The first-order valence-electron chi connectivity index (χ1n) is 10.6. The highest BCUT2D eigenvalue weighted by Gasteiger charge is 2.24. The molecule has 5 rings (SSSR count). The second kappa shape index (κ2) is 9.11. The van der Waals surface area contributed by atoms with Crippen molar-refractivity contribution < 1.29 is 23.5 Å². The number of piperazine rings is 1. The van der Waals surface area contributed by atoms with Crippen molar-refractivity contribution in [2.75, 3.05) is 43.2 Å². The molecular formula is C23H23N5O5. The Morgan fingerprint density at radius 3 is 2.67 bits per heavy atom. The van der Waals surface area contributed by atoms with Crippen LogP contribution in [0.4, 0.5) is 16.3 Å². The first-order valence-corrected chi connectivity index (χ1v) is 10.6. The lowest BCUT2D eigenvalue weighted by molar-refractivity contribution is 0.102. The van der Waals surface area contributed by atoms with E-state index in [1.165, 1.54) is 0 Å². The smallest absolute Gasteiger partial charge is 0.317 e. The van der Waals surface area contributed by atoms with Crippen molar-refractivity contribution in [1.29, 1.82) is 0 Å². The highest BCUT2D eigenvalue weighted by atomic mass is 16.7. The molecule has 2 aromatic heterocycles. The molecule has 1 fully saturated rings. The Hall–Kier alpha value is -4.21. The van der Waals surface area contributed by atoms with Crippen molar-refractivity contribution in [1.82, 2.24) is 15.2 Å². The molecule has 1 aromatic carbocycles. The quantitative estimate of drug-likeness (QED) is 0.616. The lowest BCUT2D eigenvalue weighted by Crippen LogP contribution is -2.52. The van der Waals surface area contributed by atoms with Crippen LogP contribution in [0.15, 0.2) is 59.3 Å². The standard InChI is InChI=1S/C23H23N5O5/c29-22(16-5-6-19-20(13-16)33-15-32-19)26-18-4-1-7-24-21(18)27-8-10-28(11-9-27)23(30)25-14-17-3-2-12-31-17/h1-7,12-13H,8-11,14-15H2,(H,25,30)(H,26,29). The van der Waals surface area contributed by atoms with Crippen molar-refractivity contribution in [3.63, 3.8) is 0 Å². The minimum Gasteiger partial charge on any atom is -0.467 e. The minimum atomic E-state index is -0.265. The number of anilines is 2. The maximum absolute atomic E-state index is 12.8. The van der Waals surface area contributed by atoms with Gasteiger partial charge in [0.05, 0.1) is 18.5 Å². The number of benzene rings is 1. The second-order valence-electron chi connectivity index (χ2n) is 7.61. The number of urea groups is 1. The number of amides is 3. The minimum absolute atomic E-state index is 0.136. The predicted molar refractivity (Wildman–Crippen MR) is 119 cm³/mol. The number of aromatic nitrogens is 1. The summed E-state index contributed by atoms with van der Waals surface area (Å²) in [6.45, 7) is 2.77. The van der Waals surface area contributed by atoms with E-state index < -0.39 is 0 Å². The SMILES string of the molecule is O=C(Nc1cccnc1N1CCN(C(=O)NCc2ccco2)CC1)c1ccc2c(c1)OCO2. The predicted octanol–water partition coefficient (Wildman–Crippen LogP) is 2.69. The van der Waals surface area contributed by atoms with Gasteiger partial charge in [-0.1, -0.05) is 0 Å². The number of carbonyl (C=O) groups is 2. The molecule has 2 N–H and O–H groups in total. The van der Waals surface area contributed by atoms with Gasteiger partial charge in [-0.25, -0.2) is 9.78 Å². The molecule has 1 saturated heterocycles. The number of furan rings is 1. The van der Waals surface area contributed by atoms with Gasteiger partial charge < -0.3 is 34.3 Å². The third kappa shape index (κ3) is 4.54. The van der Waals surface area contributed by atoms with Crippen LogP contribution in [0.5, 0.6) is 11.5 Å². The van der Waals surface area contributed by atoms with Crippen LogP contribution in [-0.4, -0.2) is 54.8 Å². The Labute approximate surface area is 190 Å². The molecule has 0 atom stereocenters. The average Bonchev–Trinajstić information content (AvgIpc) is 3.54. The third-order valence-corrected chi connectivity index (χ3v) is 5.53. The average molecular weight is 449 g/mol. The number of pyridine rings is 1. The summed E-state index contributed by atoms with van der Waals surface area (Å²) in [4.78, 5) is 33.6. The largest absolute Gasteiger partial charge is 0.467 e. The fourth-order valence-electron chi connectivity index (χ4n) is 3.79. The summed E-state index contributed by atoms with van der Waals surface area (Å²) in [5.41, 5.74) is 1.07. The number of carbonyl (C=O) groups excluding carboxylic acids is 2. The Balaban J connectivity index is 1.20. The Bertz CT molecular complexity index is 1140. The van der Waals surface area contributed by atoms with Crippen LogP contribution in [0.1, 0.15) is 16.1 Å². The van der Waals surface area contributed by atoms with Crippen molar-refractivity contribution in [2.24, 2.45) is 0 Å². The fraction of sp³-hybridized carbons (Fsp3) is 0.261. The molecule has 2 aliphatic heterocycles. The first kappa shape index (κ1) is 20.7. The Morgan fingerprint density at radius 1 is 1.00 bits per heavy atom. The van der Waals surface area contributed by atoms with E-state index in [1.807, 2.05) is 12.1 Å². The summed E-state index contributed by atoms with van der Waals surface area (Å²) in [7, 11) is 0. The van der Waals surface area contributed by atoms with Gasteiger partial charge in [-0.15, -0.1) is 0 Å². The highest BCUT2D eigenvalue weighted by Crippen LogP contribution is 2.33. The molecule has 170 valence electrons. The molecule has 3 amide bonds. The number of rotatable bonds is 5. The number of fused-ring (bicyclic) bond motifs is 1. The molecule has 3 aromatic rings. The molecule has 2 aliphatic rings. The van der Waals surface area contributed by atoms with Crippen LogP contribution < -0.4 is 25.0 Å². The van der Waals surface area contributed by atoms with Crippen LogP contribution >= 0.6 is 0 Å². The monoisotopic (exact) mass is 449 g/mol. The Kier molecular flexibility index (Phi) is 5.71. The lowest BCUT2D eigenvalue weighted by Gasteiger charge is -2.36. The molecule has 0 saturated carbocycles. The van der Waals surface area contributed by atoms with Gasteiger partial charge in [-0.05, 0) is 42.5 Å². The van der Waals surface area contributed by atoms with E-state index in [9.17, 15) is 9.59 Å². The topological polar surface area (TPSA) is 109 Å². The lowest BCUT2D eigenvalue weighted by atomic mass is 10.2.